The number of rotatable bonds is 4. The Bertz CT molecular complexity index is 964. The predicted molar refractivity (Wildman–Crippen MR) is 94.4 cm³/mol. The van der Waals surface area contributed by atoms with Gasteiger partial charge in [-0.15, -0.1) is 0 Å². The van der Waals surface area contributed by atoms with Gasteiger partial charge in [0.25, 0.3) is 0 Å². The van der Waals surface area contributed by atoms with Gasteiger partial charge >= 0.3 is 0 Å². The second-order valence-corrected chi connectivity index (χ2v) is 8.51. The average molecular weight is 350 g/mol. The van der Waals surface area contributed by atoms with Crippen molar-refractivity contribution in [1.82, 2.24) is 0 Å². The van der Waals surface area contributed by atoms with Gasteiger partial charge in [0.15, 0.2) is 15.3 Å². The van der Waals surface area contributed by atoms with E-state index in [1.165, 1.54) is 0 Å². The maximum atomic E-state index is 13.0. The van der Waals surface area contributed by atoms with Gasteiger partial charge in [0, 0.05) is 5.92 Å². The number of nitriles is 2. The number of hydrogen-bond donors (Lipinski definition) is 0. The van der Waals surface area contributed by atoms with Crippen molar-refractivity contribution in [2.24, 2.45) is 5.41 Å². The van der Waals surface area contributed by atoms with Crippen molar-refractivity contribution >= 4 is 9.84 Å². The summed E-state index contributed by atoms with van der Waals surface area (Å²) >= 11 is 0. The van der Waals surface area contributed by atoms with Crippen LogP contribution in [0.5, 0.6) is 0 Å². The van der Waals surface area contributed by atoms with Gasteiger partial charge in [-0.25, -0.2) is 8.42 Å². The van der Waals surface area contributed by atoms with E-state index in [4.69, 9.17) is 0 Å². The molecule has 5 heteroatoms. The summed E-state index contributed by atoms with van der Waals surface area (Å²) in [6.07, 6.45) is 0.873. The molecule has 0 spiro atoms. The molecule has 0 amide bonds. The topological polar surface area (TPSA) is 81.7 Å². The smallest absolute Gasteiger partial charge is 0.184 e. The van der Waals surface area contributed by atoms with Crippen molar-refractivity contribution in [3.63, 3.8) is 0 Å². The average Bonchev–Trinajstić information content (AvgIpc) is 3.33. The van der Waals surface area contributed by atoms with Gasteiger partial charge < -0.3 is 0 Å². The van der Waals surface area contributed by atoms with Gasteiger partial charge in [-0.05, 0) is 36.6 Å². The number of aryl methyl sites for hydroxylation is 2. The van der Waals surface area contributed by atoms with Crippen LogP contribution in [-0.4, -0.2) is 13.7 Å². The van der Waals surface area contributed by atoms with Crippen molar-refractivity contribution in [1.29, 1.82) is 10.5 Å². The molecular formula is C20H18N2O2S. The van der Waals surface area contributed by atoms with E-state index in [0.717, 1.165) is 23.1 Å². The third-order valence-corrected chi connectivity index (χ3v) is 7.18. The Morgan fingerprint density at radius 2 is 1.56 bits per heavy atom. The van der Waals surface area contributed by atoms with Crippen LogP contribution in [0.3, 0.4) is 0 Å². The van der Waals surface area contributed by atoms with Crippen LogP contribution in [0.2, 0.25) is 0 Å². The van der Waals surface area contributed by atoms with Crippen LogP contribution in [0.25, 0.3) is 0 Å². The highest BCUT2D eigenvalue weighted by Crippen LogP contribution is 2.63. The van der Waals surface area contributed by atoms with E-state index in [2.05, 4.69) is 0 Å². The van der Waals surface area contributed by atoms with Gasteiger partial charge in [-0.2, -0.15) is 10.5 Å². The zero-order valence-electron chi connectivity index (χ0n) is 14.1. The van der Waals surface area contributed by atoms with Crippen LogP contribution in [0, 0.1) is 35.0 Å². The Labute approximate surface area is 148 Å². The number of sulfone groups is 1. The fourth-order valence-corrected chi connectivity index (χ4v) is 5.55. The molecule has 4 nitrogen and oxygen atoms in total. The van der Waals surface area contributed by atoms with Crippen LogP contribution < -0.4 is 0 Å². The number of nitrogens with zero attached hydrogens (tertiary/aromatic N) is 2. The zero-order chi connectivity index (χ0) is 18.2. The SMILES string of the molecule is CCc1ccc([C@H]2[C@@H](S(=O)(=O)c3ccc(C)cc3)C2(C#N)C#N)cc1. The quantitative estimate of drug-likeness (QED) is 0.844. The molecule has 0 saturated heterocycles. The lowest BCUT2D eigenvalue weighted by Gasteiger charge is -2.05. The van der Waals surface area contributed by atoms with Crippen LogP contribution in [0.15, 0.2) is 53.4 Å². The van der Waals surface area contributed by atoms with E-state index in [0.29, 0.717) is 0 Å². The predicted octanol–water partition coefficient (Wildman–Crippen LogP) is 3.53. The normalized spacial score (nSPS) is 21.1. The van der Waals surface area contributed by atoms with Crippen molar-refractivity contribution < 1.29 is 8.42 Å². The molecule has 0 radical (unpaired) electrons. The third-order valence-electron chi connectivity index (χ3n) is 4.93. The Hall–Kier alpha value is -2.63. The summed E-state index contributed by atoms with van der Waals surface area (Å²) in [4.78, 5) is 0.158. The van der Waals surface area contributed by atoms with E-state index in [1.807, 2.05) is 50.3 Å². The van der Waals surface area contributed by atoms with Crippen molar-refractivity contribution in [3.8, 4) is 12.1 Å². The van der Waals surface area contributed by atoms with Gasteiger partial charge in [0.1, 0.15) is 5.25 Å². The Kier molecular flexibility index (Phi) is 4.14. The number of hydrogen-bond acceptors (Lipinski definition) is 4. The lowest BCUT2D eigenvalue weighted by molar-refractivity contribution is 0.591. The first-order chi connectivity index (χ1) is 11.9. The van der Waals surface area contributed by atoms with Crippen LogP contribution in [-0.2, 0) is 16.3 Å². The summed E-state index contributed by atoms with van der Waals surface area (Å²) in [6.45, 7) is 3.91. The minimum absolute atomic E-state index is 0.158. The molecule has 0 unspecified atom stereocenters. The third kappa shape index (κ3) is 2.62. The molecule has 1 saturated carbocycles. The second kappa shape index (κ2) is 6.02. The second-order valence-electron chi connectivity index (χ2n) is 6.44. The molecule has 2 atom stereocenters. The Morgan fingerprint density at radius 3 is 2.04 bits per heavy atom. The van der Waals surface area contributed by atoms with Gasteiger partial charge in [-0.1, -0.05) is 48.9 Å². The number of benzene rings is 2. The summed E-state index contributed by atoms with van der Waals surface area (Å²) in [5.41, 5.74) is 1.27. The van der Waals surface area contributed by atoms with Crippen molar-refractivity contribution in [2.45, 2.75) is 36.3 Å². The van der Waals surface area contributed by atoms with Gasteiger partial charge in [-0.3, -0.25) is 0 Å². The fraction of sp³-hybridized carbons (Fsp3) is 0.300. The molecule has 0 N–H and O–H groups in total. The molecule has 2 aromatic rings. The molecule has 0 bridgehead atoms. The lowest BCUT2D eigenvalue weighted by atomic mass is 10.0. The maximum absolute atomic E-state index is 13.0. The first-order valence-corrected chi connectivity index (χ1v) is 9.67. The van der Waals surface area contributed by atoms with Crippen LogP contribution >= 0.6 is 0 Å². The van der Waals surface area contributed by atoms with E-state index in [-0.39, 0.29) is 4.90 Å². The Balaban J connectivity index is 2.06. The van der Waals surface area contributed by atoms with E-state index >= 15 is 0 Å². The van der Waals surface area contributed by atoms with E-state index in [1.54, 1.807) is 24.3 Å². The highest BCUT2D eigenvalue weighted by Gasteiger charge is 2.73. The molecule has 1 aliphatic rings. The molecule has 2 aromatic carbocycles. The van der Waals surface area contributed by atoms with E-state index < -0.39 is 26.4 Å². The fourth-order valence-electron chi connectivity index (χ4n) is 3.34. The largest absolute Gasteiger partial charge is 0.223 e. The van der Waals surface area contributed by atoms with Crippen molar-refractivity contribution in [3.05, 3.63) is 65.2 Å². The lowest BCUT2D eigenvalue weighted by Crippen LogP contribution is -2.14. The molecule has 1 aliphatic carbocycles. The molecular weight excluding hydrogens is 332 g/mol. The van der Waals surface area contributed by atoms with E-state index in [9.17, 15) is 18.9 Å². The molecule has 0 aliphatic heterocycles. The maximum Gasteiger partial charge on any atom is 0.184 e. The highest BCUT2D eigenvalue weighted by molar-refractivity contribution is 7.92. The molecule has 0 aromatic heterocycles. The molecule has 0 heterocycles. The first kappa shape index (κ1) is 17.2. The summed E-state index contributed by atoms with van der Waals surface area (Å²) < 4.78 is 26.1. The Morgan fingerprint density at radius 1 is 1.00 bits per heavy atom. The summed E-state index contributed by atoms with van der Waals surface area (Å²) in [6, 6.07) is 18.0. The molecule has 126 valence electrons. The molecule has 3 rings (SSSR count). The van der Waals surface area contributed by atoms with Gasteiger partial charge in [0.05, 0.1) is 17.0 Å². The van der Waals surface area contributed by atoms with Gasteiger partial charge in [0.2, 0.25) is 0 Å². The molecule has 25 heavy (non-hydrogen) atoms. The zero-order valence-corrected chi connectivity index (χ0v) is 14.9. The van der Waals surface area contributed by atoms with Crippen LogP contribution in [0.4, 0.5) is 0 Å². The standard InChI is InChI=1S/C20H18N2O2S/c1-3-15-6-8-16(9-7-15)18-19(20(18,12-21)13-22)25(23,24)17-10-4-14(2)5-11-17/h4-11,18-19H,3H2,1-2H3/t18-,19+/m0/s1. The summed E-state index contributed by atoms with van der Waals surface area (Å²) in [7, 11) is -3.77. The monoisotopic (exact) mass is 350 g/mol. The minimum atomic E-state index is -3.77. The van der Waals surface area contributed by atoms with Crippen LogP contribution in [0.1, 0.15) is 29.5 Å². The summed E-state index contributed by atoms with van der Waals surface area (Å²) in [5.74, 6) is -0.625. The first-order valence-electron chi connectivity index (χ1n) is 8.12. The highest BCUT2D eigenvalue weighted by atomic mass is 32.2. The van der Waals surface area contributed by atoms with Crippen molar-refractivity contribution in [2.75, 3.05) is 0 Å². The summed E-state index contributed by atoms with van der Waals surface area (Å²) in [5, 5.41) is 18.1. The molecule has 1 fully saturated rings. The minimum Gasteiger partial charge on any atom is -0.223 e.